The summed E-state index contributed by atoms with van der Waals surface area (Å²) in [6.07, 6.45) is 0.347. The second kappa shape index (κ2) is 8.78. The van der Waals surface area contributed by atoms with E-state index in [1.165, 1.54) is 7.11 Å². The van der Waals surface area contributed by atoms with Gasteiger partial charge in [0.2, 0.25) is 0 Å². The fourth-order valence-electron chi connectivity index (χ4n) is 1.09. The van der Waals surface area contributed by atoms with E-state index >= 15 is 0 Å². The summed E-state index contributed by atoms with van der Waals surface area (Å²) in [6, 6.07) is 0. The molecule has 4 N–H and O–H groups in total. The van der Waals surface area contributed by atoms with Gasteiger partial charge in [0.1, 0.15) is 6.61 Å². The molecule has 0 saturated carbocycles. The van der Waals surface area contributed by atoms with E-state index in [-0.39, 0.29) is 19.3 Å². The van der Waals surface area contributed by atoms with E-state index in [2.05, 4.69) is 9.47 Å². The van der Waals surface area contributed by atoms with Gasteiger partial charge in [-0.3, -0.25) is 0 Å². The fourth-order valence-corrected chi connectivity index (χ4v) is 1.09. The Labute approximate surface area is 94.0 Å². The predicted molar refractivity (Wildman–Crippen MR) is 55.7 cm³/mol. The molecule has 1 atom stereocenters. The van der Waals surface area contributed by atoms with Crippen LogP contribution < -0.4 is 11.5 Å². The number of carbonyl (C=O) groups excluding carboxylic acids is 2. The highest BCUT2D eigenvalue weighted by Crippen LogP contribution is 2.05. The first-order chi connectivity index (χ1) is 7.56. The van der Waals surface area contributed by atoms with Crippen molar-refractivity contribution in [2.24, 2.45) is 11.5 Å². The zero-order valence-electron chi connectivity index (χ0n) is 9.31. The molecule has 94 valence electrons. The summed E-state index contributed by atoms with van der Waals surface area (Å²) in [5, 5.41) is 0. The van der Waals surface area contributed by atoms with Crippen LogP contribution in [-0.2, 0) is 14.2 Å². The summed E-state index contributed by atoms with van der Waals surface area (Å²) in [5.74, 6) is 0. The highest BCUT2D eigenvalue weighted by Gasteiger charge is 2.09. The van der Waals surface area contributed by atoms with Gasteiger partial charge in [0, 0.05) is 7.11 Å². The van der Waals surface area contributed by atoms with Gasteiger partial charge in [-0.15, -0.1) is 0 Å². The molecular formula is C9H18N2O5. The Morgan fingerprint density at radius 2 is 1.75 bits per heavy atom. The summed E-state index contributed by atoms with van der Waals surface area (Å²) in [5.41, 5.74) is 9.60. The van der Waals surface area contributed by atoms with Gasteiger partial charge in [0.25, 0.3) is 0 Å². The van der Waals surface area contributed by atoms with E-state index in [0.29, 0.717) is 12.8 Å². The van der Waals surface area contributed by atoms with Gasteiger partial charge in [0.15, 0.2) is 0 Å². The number of unbranched alkanes of at least 4 members (excludes halogenated alkanes) is 1. The third kappa shape index (κ3) is 9.07. The van der Waals surface area contributed by atoms with Crippen molar-refractivity contribution in [1.82, 2.24) is 0 Å². The van der Waals surface area contributed by atoms with Crippen molar-refractivity contribution >= 4 is 12.2 Å². The van der Waals surface area contributed by atoms with Crippen LogP contribution in [0.25, 0.3) is 0 Å². The van der Waals surface area contributed by atoms with Crippen LogP contribution in [0.15, 0.2) is 0 Å². The smallest absolute Gasteiger partial charge is 0.404 e. The molecule has 0 bridgehead atoms. The van der Waals surface area contributed by atoms with Gasteiger partial charge >= 0.3 is 12.2 Å². The normalized spacial score (nSPS) is 11.8. The van der Waals surface area contributed by atoms with Crippen LogP contribution in [-0.4, -0.2) is 38.6 Å². The number of rotatable bonds is 8. The van der Waals surface area contributed by atoms with Crippen LogP contribution >= 0.6 is 0 Å². The van der Waals surface area contributed by atoms with Crippen molar-refractivity contribution in [1.29, 1.82) is 0 Å². The molecule has 0 fully saturated rings. The van der Waals surface area contributed by atoms with Crippen LogP contribution in [0.2, 0.25) is 0 Å². The van der Waals surface area contributed by atoms with E-state index in [1.54, 1.807) is 0 Å². The number of amides is 2. The quantitative estimate of drug-likeness (QED) is 0.588. The molecule has 7 heteroatoms. The summed E-state index contributed by atoms with van der Waals surface area (Å²) in [6.45, 7) is 0.408. The van der Waals surface area contributed by atoms with Crippen molar-refractivity contribution < 1.29 is 23.8 Å². The molecule has 0 saturated heterocycles. The van der Waals surface area contributed by atoms with Crippen molar-refractivity contribution in [3.05, 3.63) is 0 Å². The first-order valence-corrected chi connectivity index (χ1v) is 4.93. The number of carbonyl (C=O) groups is 2. The minimum Gasteiger partial charge on any atom is -0.450 e. The van der Waals surface area contributed by atoms with E-state index in [0.717, 1.165) is 6.42 Å². The van der Waals surface area contributed by atoms with Gasteiger partial charge in [-0.2, -0.15) is 0 Å². The van der Waals surface area contributed by atoms with E-state index in [9.17, 15) is 9.59 Å². The van der Waals surface area contributed by atoms with Crippen molar-refractivity contribution in [3.8, 4) is 0 Å². The Morgan fingerprint density at radius 3 is 2.25 bits per heavy atom. The van der Waals surface area contributed by atoms with Crippen molar-refractivity contribution in [3.63, 3.8) is 0 Å². The van der Waals surface area contributed by atoms with Crippen LogP contribution in [0.5, 0.6) is 0 Å². The second-order valence-electron chi connectivity index (χ2n) is 3.15. The summed E-state index contributed by atoms with van der Waals surface area (Å²) in [4.78, 5) is 20.6. The third-order valence-corrected chi connectivity index (χ3v) is 1.91. The van der Waals surface area contributed by atoms with E-state index in [1.807, 2.05) is 0 Å². The largest absolute Gasteiger partial charge is 0.450 e. The molecule has 0 aromatic carbocycles. The Bertz CT molecular complexity index is 222. The van der Waals surface area contributed by atoms with Crippen molar-refractivity contribution in [2.45, 2.75) is 25.4 Å². The van der Waals surface area contributed by atoms with Gasteiger partial charge < -0.3 is 25.7 Å². The maximum atomic E-state index is 10.3. The maximum Gasteiger partial charge on any atom is 0.404 e. The molecule has 16 heavy (non-hydrogen) atoms. The Hall–Kier alpha value is -1.50. The standard InChI is InChI=1S/C9H18N2O5/c1-14-7(6-16-9(11)13)4-2-3-5-15-8(10)12/h7H,2-6H2,1H3,(H2,10,12)(H2,11,13). The maximum absolute atomic E-state index is 10.3. The number of hydrogen-bond donors (Lipinski definition) is 2. The topological polar surface area (TPSA) is 114 Å². The zero-order chi connectivity index (χ0) is 12.4. The molecule has 7 nitrogen and oxygen atoms in total. The second-order valence-corrected chi connectivity index (χ2v) is 3.15. The molecule has 0 aliphatic rings. The lowest BCUT2D eigenvalue weighted by Gasteiger charge is -2.14. The van der Waals surface area contributed by atoms with Crippen LogP contribution in [0.4, 0.5) is 9.59 Å². The van der Waals surface area contributed by atoms with Crippen LogP contribution in [0, 0.1) is 0 Å². The zero-order valence-corrected chi connectivity index (χ0v) is 9.31. The molecule has 0 rings (SSSR count). The number of nitrogens with two attached hydrogens (primary N) is 2. The Kier molecular flexibility index (Phi) is 7.96. The van der Waals surface area contributed by atoms with Gasteiger partial charge in [0.05, 0.1) is 12.7 Å². The average molecular weight is 234 g/mol. The molecular weight excluding hydrogens is 216 g/mol. The minimum absolute atomic E-state index is 0.127. The average Bonchev–Trinajstić information content (AvgIpc) is 2.21. The molecule has 1 unspecified atom stereocenters. The van der Waals surface area contributed by atoms with Gasteiger partial charge in [-0.1, -0.05) is 0 Å². The van der Waals surface area contributed by atoms with Crippen LogP contribution in [0.1, 0.15) is 19.3 Å². The molecule has 0 aliphatic heterocycles. The number of primary amides is 2. The van der Waals surface area contributed by atoms with Gasteiger partial charge in [-0.25, -0.2) is 9.59 Å². The SMILES string of the molecule is COC(CCCCOC(N)=O)COC(N)=O. The van der Waals surface area contributed by atoms with Gasteiger partial charge in [-0.05, 0) is 19.3 Å². The highest BCUT2D eigenvalue weighted by atomic mass is 16.6. The lowest BCUT2D eigenvalue weighted by atomic mass is 10.1. The minimum atomic E-state index is -0.820. The first-order valence-electron chi connectivity index (χ1n) is 4.93. The van der Waals surface area contributed by atoms with Crippen LogP contribution in [0.3, 0.4) is 0 Å². The summed E-state index contributed by atoms with van der Waals surface area (Å²) >= 11 is 0. The highest BCUT2D eigenvalue weighted by molar-refractivity contribution is 5.64. The molecule has 0 aromatic heterocycles. The summed E-state index contributed by atoms with van der Waals surface area (Å²) < 4.78 is 14.2. The predicted octanol–water partition coefficient (Wildman–Crippen LogP) is 0.362. The number of hydrogen-bond acceptors (Lipinski definition) is 5. The lowest BCUT2D eigenvalue weighted by Crippen LogP contribution is -2.24. The first kappa shape index (κ1) is 14.5. The molecule has 0 radical (unpaired) electrons. The molecule has 2 amide bonds. The number of methoxy groups -OCH3 is 1. The lowest BCUT2D eigenvalue weighted by molar-refractivity contribution is 0.0308. The van der Waals surface area contributed by atoms with E-state index < -0.39 is 12.2 Å². The summed E-state index contributed by atoms with van der Waals surface area (Å²) in [7, 11) is 1.52. The Balaban J connectivity index is 3.47. The molecule has 0 spiro atoms. The molecule has 0 aromatic rings. The Morgan fingerprint density at radius 1 is 1.12 bits per heavy atom. The van der Waals surface area contributed by atoms with E-state index in [4.69, 9.17) is 16.2 Å². The number of ether oxygens (including phenoxy) is 3. The van der Waals surface area contributed by atoms with Crippen molar-refractivity contribution in [2.75, 3.05) is 20.3 Å². The molecule has 0 heterocycles. The molecule has 0 aliphatic carbocycles. The fraction of sp³-hybridized carbons (Fsp3) is 0.778. The monoisotopic (exact) mass is 234 g/mol. The third-order valence-electron chi connectivity index (χ3n) is 1.91.